The third kappa shape index (κ3) is 13.0. The molecule has 1 aliphatic heterocycles. The number of hydrogen-bond donors (Lipinski definition) is 1. The van der Waals surface area contributed by atoms with E-state index in [1.54, 1.807) is 0 Å². The van der Waals surface area contributed by atoms with Crippen LogP contribution >= 0.6 is 0 Å². The maximum absolute atomic E-state index is 12.5. The van der Waals surface area contributed by atoms with Crippen LogP contribution in [0.5, 0.6) is 0 Å². The van der Waals surface area contributed by atoms with Crippen molar-refractivity contribution in [1.82, 2.24) is 4.90 Å². The van der Waals surface area contributed by atoms with Crippen LogP contribution in [0.4, 0.5) is 0 Å². The fraction of sp³-hybridized carbons (Fsp3) is 0.852. The summed E-state index contributed by atoms with van der Waals surface area (Å²) < 4.78 is 0. The van der Waals surface area contributed by atoms with Crippen molar-refractivity contribution >= 4 is 11.8 Å². The smallest absolute Gasteiger partial charge is 0.222 e. The first-order chi connectivity index (χ1) is 15.1. The van der Waals surface area contributed by atoms with Crippen LogP contribution in [0.2, 0.25) is 0 Å². The van der Waals surface area contributed by atoms with Gasteiger partial charge in [-0.1, -0.05) is 83.8 Å². The topological polar surface area (TPSA) is 63.4 Å². The number of carbonyl (C=O) groups is 2. The zero-order valence-electron chi connectivity index (χ0n) is 20.6. The monoisotopic (exact) mass is 434 g/mol. The molecule has 1 saturated heterocycles. The Morgan fingerprint density at radius 2 is 1.45 bits per heavy atom. The SMILES string of the molecule is CCCCCCCC/C=C\CCCCCCCC(=O)N1CC[C@H](C(CCC)C(N)=O)C1. The summed E-state index contributed by atoms with van der Waals surface area (Å²) in [5.74, 6) is 0.261. The van der Waals surface area contributed by atoms with Gasteiger partial charge in [-0.15, -0.1) is 0 Å². The summed E-state index contributed by atoms with van der Waals surface area (Å²) in [5, 5.41) is 0. The highest BCUT2D eigenvalue weighted by Crippen LogP contribution is 2.28. The predicted octanol–water partition coefficient (Wildman–Crippen LogP) is 6.77. The average Bonchev–Trinajstić information content (AvgIpc) is 3.24. The molecule has 1 aliphatic rings. The second kappa shape index (κ2) is 18.3. The number of rotatable bonds is 19. The van der Waals surface area contributed by atoms with Crippen molar-refractivity contribution in [3.8, 4) is 0 Å². The van der Waals surface area contributed by atoms with Gasteiger partial charge in [0.25, 0.3) is 0 Å². The Morgan fingerprint density at radius 3 is 2.03 bits per heavy atom. The number of hydrogen-bond acceptors (Lipinski definition) is 2. The number of amides is 2. The van der Waals surface area contributed by atoms with Crippen molar-refractivity contribution in [3.63, 3.8) is 0 Å². The van der Waals surface area contributed by atoms with Crippen molar-refractivity contribution in [2.45, 2.75) is 123 Å². The second-order valence-corrected chi connectivity index (χ2v) is 9.52. The fourth-order valence-electron chi connectivity index (χ4n) is 4.77. The Bertz CT molecular complexity index is 503. The molecule has 1 fully saturated rings. The van der Waals surface area contributed by atoms with Crippen molar-refractivity contribution in [2.75, 3.05) is 13.1 Å². The summed E-state index contributed by atoms with van der Waals surface area (Å²) in [6, 6.07) is 0. The van der Waals surface area contributed by atoms with Gasteiger partial charge in [0, 0.05) is 25.4 Å². The molecule has 0 aromatic heterocycles. The van der Waals surface area contributed by atoms with E-state index in [2.05, 4.69) is 26.0 Å². The summed E-state index contributed by atoms with van der Waals surface area (Å²) >= 11 is 0. The van der Waals surface area contributed by atoms with Crippen molar-refractivity contribution in [1.29, 1.82) is 0 Å². The molecule has 4 heteroatoms. The molecule has 180 valence electrons. The molecule has 0 radical (unpaired) electrons. The van der Waals surface area contributed by atoms with E-state index in [0.29, 0.717) is 6.42 Å². The average molecular weight is 435 g/mol. The maximum atomic E-state index is 12.5. The normalized spacial score (nSPS) is 17.5. The molecule has 2 atom stereocenters. The van der Waals surface area contributed by atoms with Crippen LogP contribution in [0.3, 0.4) is 0 Å². The third-order valence-corrected chi connectivity index (χ3v) is 6.76. The van der Waals surface area contributed by atoms with Gasteiger partial charge in [-0.05, 0) is 50.9 Å². The van der Waals surface area contributed by atoms with Crippen molar-refractivity contribution in [2.24, 2.45) is 17.6 Å². The van der Waals surface area contributed by atoms with Crippen molar-refractivity contribution in [3.05, 3.63) is 12.2 Å². The first-order valence-electron chi connectivity index (χ1n) is 13.3. The summed E-state index contributed by atoms with van der Waals surface area (Å²) in [6.07, 6.45) is 24.7. The van der Waals surface area contributed by atoms with Crippen LogP contribution in [0, 0.1) is 11.8 Å². The van der Waals surface area contributed by atoms with E-state index >= 15 is 0 Å². The largest absolute Gasteiger partial charge is 0.369 e. The number of unbranched alkanes of at least 4 members (excludes halogenated alkanes) is 11. The highest BCUT2D eigenvalue weighted by molar-refractivity contribution is 5.78. The third-order valence-electron chi connectivity index (χ3n) is 6.76. The highest BCUT2D eigenvalue weighted by atomic mass is 16.2. The zero-order chi connectivity index (χ0) is 22.7. The van der Waals surface area contributed by atoms with Crippen LogP contribution in [0.25, 0.3) is 0 Å². The van der Waals surface area contributed by atoms with Gasteiger partial charge in [0.15, 0.2) is 0 Å². The van der Waals surface area contributed by atoms with E-state index in [1.165, 1.54) is 70.6 Å². The molecule has 0 aromatic rings. The minimum Gasteiger partial charge on any atom is -0.369 e. The van der Waals surface area contributed by atoms with E-state index in [-0.39, 0.29) is 23.7 Å². The Morgan fingerprint density at radius 1 is 0.871 bits per heavy atom. The Hall–Kier alpha value is -1.32. The number of nitrogens with zero attached hydrogens (tertiary/aromatic N) is 1. The van der Waals surface area contributed by atoms with Crippen LogP contribution in [-0.4, -0.2) is 29.8 Å². The number of nitrogens with two attached hydrogens (primary N) is 1. The summed E-state index contributed by atoms with van der Waals surface area (Å²) in [6.45, 7) is 5.86. The lowest BCUT2D eigenvalue weighted by molar-refractivity contribution is -0.131. The summed E-state index contributed by atoms with van der Waals surface area (Å²) in [7, 11) is 0. The number of likely N-dealkylation sites (tertiary alicyclic amines) is 1. The molecular formula is C27H50N2O2. The Balaban J connectivity index is 1.98. The molecule has 0 bridgehead atoms. The lowest BCUT2D eigenvalue weighted by atomic mass is 9.87. The van der Waals surface area contributed by atoms with Crippen molar-refractivity contribution < 1.29 is 9.59 Å². The molecule has 0 aromatic carbocycles. The van der Waals surface area contributed by atoms with Gasteiger partial charge in [-0.2, -0.15) is 0 Å². The molecular weight excluding hydrogens is 384 g/mol. The standard InChI is InChI=1S/C27H50N2O2/c1-3-5-6-7-8-9-10-11-12-13-14-15-16-17-18-20-26(30)29-22-21-24(23-29)25(19-4-2)27(28)31/h11-12,24-25H,3-10,13-23H2,1-2H3,(H2,28,31)/b12-11-/t24-,25?/m0/s1. The minimum atomic E-state index is -0.196. The first kappa shape index (κ1) is 27.7. The van der Waals surface area contributed by atoms with Gasteiger partial charge in [-0.3, -0.25) is 9.59 Å². The second-order valence-electron chi connectivity index (χ2n) is 9.52. The molecule has 4 nitrogen and oxygen atoms in total. The number of primary amides is 1. The van der Waals surface area contributed by atoms with Gasteiger partial charge in [0.1, 0.15) is 0 Å². The minimum absolute atomic E-state index is 0.0670. The molecule has 2 N–H and O–H groups in total. The van der Waals surface area contributed by atoms with Crippen LogP contribution in [0.15, 0.2) is 12.2 Å². The van der Waals surface area contributed by atoms with Gasteiger partial charge in [0.05, 0.1) is 0 Å². The molecule has 0 spiro atoms. The fourth-order valence-corrected chi connectivity index (χ4v) is 4.77. The Kier molecular flexibility index (Phi) is 16.3. The first-order valence-corrected chi connectivity index (χ1v) is 13.3. The van der Waals surface area contributed by atoms with E-state index < -0.39 is 0 Å². The number of allylic oxidation sites excluding steroid dienone is 2. The van der Waals surface area contributed by atoms with E-state index in [1.807, 2.05) is 4.90 Å². The Labute approximate surface area is 192 Å². The van der Waals surface area contributed by atoms with E-state index in [4.69, 9.17) is 5.73 Å². The zero-order valence-corrected chi connectivity index (χ0v) is 20.6. The van der Waals surface area contributed by atoms with Gasteiger partial charge >= 0.3 is 0 Å². The quantitative estimate of drug-likeness (QED) is 0.180. The van der Waals surface area contributed by atoms with Gasteiger partial charge < -0.3 is 10.6 Å². The molecule has 31 heavy (non-hydrogen) atoms. The molecule has 0 aliphatic carbocycles. The van der Waals surface area contributed by atoms with Crippen LogP contribution < -0.4 is 5.73 Å². The highest BCUT2D eigenvalue weighted by Gasteiger charge is 2.33. The van der Waals surface area contributed by atoms with E-state index in [9.17, 15) is 9.59 Å². The van der Waals surface area contributed by atoms with Crippen LogP contribution in [-0.2, 0) is 9.59 Å². The molecule has 1 heterocycles. The van der Waals surface area contributed by atoms with Gasteiger partial charge in [0.2, 0.25) is 11.8 Å². The molecule has 1 rings (SSSR count). The predicted molar refractivity (Wildman–Crippen MR) is 132 cm³/mol. The number of carbonyl (C=O) groups excluding carboxylic acids is 2. The summed E-state index contributed by atoms with van der Waals surface area (Å²) in [5.41, 5.74) is 5.58. The van der Waals surface area contributed by atoms with E-state index in [0.717, 1.165) is 45.2 Å². The molecule has 2 amide bonds. The molecule has 1 unspecified atom stereocenters. The van der Waals surface area contributed by atoms with Crippen LogP contribution in [0.1, 0.15) is 123 Å². The lowest BCUT2D eigenvalue weighted by Crippen LogP contribution is -2.33. The molecule has 0 saturated carbocycles. The van der Waals surface area contributed by atoms with Gasteiger partial charge in [-0.25, -0.2) is 0 Å². The maximum Gasteiger partial charge on any atom is 0.222 e. The lowest BCUT2D eigenvalue weighted by Gasteiger charge is -2.21. The summed E-state index contributed by atoms with van der Waals surface area (Å²) in [4.78, 5) is 26.1.